The van der Waals surface area contributed by atoms with Crippen molar-refractivity contribution in [1.29, 1.82) is 0 Å². The second kappa shape index (κ2) is 7.59. The molecule has 1 amide bonds. The van der Waals surface area contributed by atoms with Crippen molar-refractivity contribution in [3.63, 3.8) is 0 Å². The molecule has 2 aromatic carbocycles. The molecule has 0 saturated carbocycles. The molecule has 1 atom stereocenters. The predicted molar refractivity (Wildman–Crippen MR) is 88.2 cm³/mol. The Kier molecular flexibility index (Phi) is 5.79. The molecular formula is C15H13Cl2NO2S. The van der Waals surface area contributed by atoms with Crippen molar-refractivity contribution < 1.29 is 9.00 Å². The van der Waals surface area contributed by atoms with Crippen LogP contribution < -0.4 is 5.32 Å². The minimum Gasteiger partial charge on any atom is -0.324 e. The fraction of sp³-hybridized carbons (Fsp3) is 0.133. The molecule has 0 aliphatic rings. The summed E-state index contributed by atoms with van der Waals surface area (Å²) in [6.45, 7) is 0. The van der Waals surface area contributed by atoms with Gasteiger partial charge in [-0.2, -0.15) is 0 Å². The van der Waals surface area contributed by atoms with Gasteiger partial charge < -0.3 is 5.32 Å². The molecule has 21 heavy (non-hydrogen) atoms. The number of hydrogen-bond acceptors (Lipinski definition) is 2. The largest absolute Gasteiger partial charge is 0.324 e. The van der Waals surface area contributed by atoms with E-state index in [2.05, 4.69) is 5.32 Å². The molecule has 0 heterocycles. The average molecular weight is 342 g/mol. The summed E-state index contributed by atoms with van der Waals surface area (Å²) in [5, 5.41) is 3.64. The molecule has 2 rings (SSSR count). The monoisotopic (exact) mass is 341 g/mol. The van der Waals surface area contributed by atoms with Gasteiger partial charge in [-0.05, 0) is 23.8 Å². The van der Waals surface area contributed by atoms with Crippen LogP contribution >= 0.6 is 23.2 Å². The number of carbonyl (C=O) groups excluding carboxylic acids is 1. The van der Waals surface area contributed by atoms with Crippen LogP contribution in [0.4, 0.5) is 5.69 Å². The fourth-order valence-electron chi connectivity index (χ4n) is 1.74. The van der Waals surface area contributed by atoms with Gasteiger partial charge in [-0.1, -0.05) is 53.5 Å². The van der Waals surface area contributed by atoms with E-state index in [9.17, 15) is 9.00 Å². The van der Waals surface area contributed by atoms with Crippen LogP contribution in [0.2, 0.25) is 10.0 Å². The Morgan fingerprint density at radius 1 is 1.00 bits per heavy atom. The van der Waals surface area contributed by atoms with Gasteiger partial charge in [0.25, 0.3) is 0 Å². The highest BCUT2D eigenvalue weighted by molar-refractivity contribution is 7.85. The highest BCUT2D eigenvalue weighted by Crippen LogP contribution is 2.20. The normalized spacial score (nSPS) is 11.9. The summed E-state index contributed by atoms with van der Waals surface area (Å²) >= 11 is 12.0. The zero-order valence-electron chi connectivity index (χ0n) is 11.0. The molecule has 110 valence electrons. The Balaban J connectivity index is 1.93. The third-order valence-electron chi connectivity index (χ3n) is 2.71. The smallest absolute Gasteiger partial charge is 0.237 e. The average Bonchev–Trinajstić information content (AvgIpc) is 2.44. The molecule has 0 fully saturated rings. The molecule has 3 nitrogen and oxygen atoms in total. The minimum absolute atomic E-state index is 0.101. The van der Waals surface area contributed by atoms with E-state index in [-0.39, 0.29) is 17.4 Å². The van der Waals surface area contributed by atoms with Crippen LogP contribution in [0, 0.1) is 0 Å². The number of benzene rings is 2. The van der Waals surface area contributed by atoms with Gasteiger partial charge in [-0.25, -0.2) is 0 Å². The highest BCUT2D eigenvalue weighted by atomic mass is 35.5. The van der Waals surface area contributed by atoms with E-state index in [0.29, 0.717) is 15.7 Å². The van der Waals surface area contributed by atoms with Gasteiger partial charge in [0.2, 0.25) is 5.91 Å². The molecule has 6 heteroatoms. The lowest BCUT2D eigenvalue weighted by Gasteiger charge is -2.07. The second-order valence-electron chi connectivity index (χ2n) is 4.35. The van der Waals surface area contributed by atoms with Crippen LogP contribution in [0.3, 0.4) is 0 Å². The van der Waals surface area contributed by atoms with E-state index < -0.39 is 10.8 Å². The number of amides is 1. The van der Waals surface area contributed by atoms with Gasteiger partial charge in [0.15, 0.2) is 0 Å². The molecule has 0 unspecified atom stereocenters. The topological polar surface area (TPSA) is 46.2 Å². The summed E-state index contributed by atoms with van der Waals surface area (Å²) in [4.78, 5) is 11.9. The summed E-state index contributed by atoms with van der Waals surface area (Å²) in [5.74, 6) is -0.194. The second-order valence-corrected chi connectivity index (χ2v) is 6.62. The number of anilines is 1. The van der Waals surface area contributed by atoms with E-state index in [1.54, 1.807) is 42.5 Å². The van der Waals surface area contributed by atoms with Gasteiger partial charge >= 0.3 is 0 Å². The van der Waals surface area contributed by atoms with Gasteiger partial charge in [0.05, 0.1) is 16.5 Å². The van der Waals surface area contributed by atoms with E-state index in [4.69, 9.17) is 23.2 Å². The first-order valence-corrected chi connectivity index (χ1v) is 8.43. The highest BCUT2D eigenvalue weighted by Gasteiger charge is 2.11. The lowest BCUT2D eigenvalue weighted by Crippen LogP contribution is -2.20. The van der Waals surface area contributed by atoms with Crippen molar-refractivity contribution in [3.8, 4) is 0 Å². The molecule has 0 aromatic heterocycles. The third kappa shape index (κ3) is 4.84. The fourth-order valence-corrected chi connectivity index (χ4v) is 3.27. The lowest BCUT2D eigenvalue weighted by atomic mass is 10.2. The number of halogens is 2. The number of hydrogen-bond donors (Lipinski definition) is 1. The van der Waals surface area contributed by atoms with Crippen molar-refractivity contribution in [1.82, 2.24) is 0 Å². The third-order valence-corrected chi connectivity index (χ3v) is 4.63. The van der Waals surface area contributed by atoms with Crippen molar-refractivity contribution in [2.24, 2.45) is 0 Å². The van der Waals surface area contributed by atoms with E-state index in [1.165, 1.54) is 0 Å². The molecule has 0 spiro atoms. The molecule has 0 radical (unpaired) electrons. The lowest BCUT2D eigenvalue weighted by molar-refractivity contribution is -0.113. The molecule has 0 saturated heterocycles. The number of para-hydroxylation sites is 1. The molecule has 0 aliphatic carbocycles. The van der Waals surface area contributed by atoms with E-state index in [0.717, 1.165) is 5.56 Å². The van der Waals surface area contributed by atoms with Crippen molar-refractivity contribution in [2.75, 3.05) is 11.1 Å². The van der Waals surface area contributed by atoms with Crippen LogP contribution in [0.15, 0.2) is 48.5 Å². The summed E-state index contributed by atoms with van der Waals surface area (Å²) in [5.41, 5.74) is 1.28. The first-order valence-electron chi connectivity index (χ1n) is 6.19. The van der Waals surface area contributed by atoms with Gasteiger partial charge in [0, 0.05) is 15.8 Å². The standard InChI is InChI=1S/C15H13Cl2NO2S/c16-12-6-2-1-5-11(12)9-21(20)10-15(19)18-14-8-4-3-7-13(14)17/h1-8H,9-10H2,(H,18,19)/t21-/m0/s1. The Hall–Kier alpha value is -1.36. The van der Waals surface area contributed by atoms with Gasteiger partial charge in [-0.3, -0.25) is 9.00 Å². The first-order chi connectivity index (χ1) is 10.1. The van der Waals surface area contributed by atoms with Crippen molar-refractivity contribution in [3.05, 3.63) is 64.1 Å². The zero-order chi connectivity index (χ0) is 15.2. The number of rotatable bonds is 5. The van der Waals surface area contributed by atoms with Crippen molar-refractivity contribution in [2.45, 2.75) is 5.75 Å². The van der Waals surface area contributed by atoms with Crippen molar-refractivity contribution >= 4 is 45.6 Å². The van der Waals surface area contributed by atoms with E-state index in [1.807, 2.05) is 6.07 Å². The molecule has 1 N–H and O–H groups in total. The number of carbonyl (C=O) groups is 1. The molecule has 0 aliphatic heterocycles. The minimum atomic E-state index is -1.33. The number of nitrogens with one attached hydrogen (secondary N) is 1. The predicted octanol–water partition coefficient (Wildman–Crippen LogP) is 3.88. The molecule has 0 bridgehead atoms. The van der Waals surface area contributed by atoms with Crippen LogP contribution in [0.5, 0.6) is 0 Å². The molecule has 2 aromatic rings. The van der Waals surface area contributed by atoms with Crippen LogP contribution in [0.25, 0.3) is 0 Å². The Morgan fingerprint density at radius 2 is 1.62 bits per heavy atom. The zero-order valence-corrected chi connectivity index (χ0v) is 13.3. The van der Waals surface area contributed by atoms with E-state index >= 15 is 0 Å². The summed E-state index contributed by atoms with van der Waals surface area (Å²) in [6.07, 6.45) is 0. The SMILES string of the molecule is O=C(C[S@@](=O)Cc1ccccc1Cl)Nc1ccccc1Cl. The summed E-state index contributed by atoms with van der Waals surface area (Å²) < 4.78 is 12.0. The summed E-state index contributed by atoms with van der Waals surface area (Å²) in [6, 6.07) is 14.1. The van der Waals surface area contributed by atoms with Gasteiger partial charge in [-0.15, -0.1) is 0 Å². The maximum atomic E-state index is 12.0. The van der Waals surface area contributed by atoms with Crippen LogP contribution in [0.1, 0.15) is 5.56 Å². The summed E-state index contributed by atoms with van der Waals surface area (Å²) in [7, 11) is -1.33. The maximum Gasteiger partial charge on any atom is 0.237 e. The Bertz CT molecular complexity index is 619. The molecular weight excluding hydrogens is 329 g/mol. The quantitative estimate of drug-likeness (QED) is 0.896. The Morgan fingerprint density at radius 3 is 2.29 bits per heavy atom. The van der Waals surface area contributed by atoms with Gasteiger partial charge in [0.1, 0.15) is 5.75 Å². The van der Waals surface area contributed by atoms with Crippen LogP contribution in [-0.4, -0.2) is 15.9 Å². The first kappa shape index (κ1) is 16.0. The van der Waals surface area contributed by atoms with Crippen LogP contribution in [-0.2, 0) is 21.3 Å². The maximum absolute atomic E-state index is 12.0. The Labute approximate surface area is 135 Å².